The summed E-state index contributed by atoms with van der Waals surface area (Å²) < 4.78 is 1.81. The Morgan fingerprint density at radius 1 is 0.812 bits per heavy atom. The summed E-state index contributed by atoms with van der Waals surface area (Å²) in [5.74, 6) is 0.861. The number of rotatable bonds is 4. The third-order valence-corrected chi connectivity index (χ3v) is 5.85. The van der Waals surface area contributed by atoms with Gasteiger partial charge in [-0.25, -0.2) is 4.68 Å². The molecule has 2 aromatic heterocycles. The molecule has 3 heterocycles. The van der Waals surface area contributed by atoms with Crippen molar-refractivity contribution in [3.8, 4) is 16.9 Å². The molecule has 4 aromatic rings. The topological polar surface area (TPSA) is 67.2 Å². The Kier molecular flexibility index (Phi) is 5.37. The molecule has 0 saturated carbocycles. The highest BCUT2D eigenvalue weighted by Crippen LogP contribution is 2.21. The number of piperazine rings is 1. The molecule has 1 amide bonds. The largest absolute Gasteiger partial charge is 0.352 e. The summed E-state index contributed by atoms with van der Waals surface area (Å²) in [4.78, 5) is 17.2. The summed E-state index contributed by atoms with van der Waals surface area (Å²) in [6.07, 6.45) is 1.67. The van der Waals surface area contributed by atoms with E-state index in [-0.39, 0.29) is 5.91 Å². The second-order valence-electron chi connectivity index (χ2n) is 7.81. The number of hydrogen-bond acceptors (Lipinski definition) is 5. The van der Waals surface area contributed by atoms with E-state index in [1.54, 1.807) is 6.20 Å². The van der Waals surface area contributed by atoms with Gasteiger partial charge < -0.3 is 9.80 Å². The molecule has 160 valence electrons. The van der Waals surface area contributed by atoms with Crippen LogP contribution < -0.4 is 4.90 Å². The van der Waals surface area contributed by atoms with Gasteiger partial charge in [0.25, 0.3) is 5.91 Å². The first-order chi connectivity index (χ1) is 15.7. The van der Waals surface area contributed by atoms with E-state index < -0.39 is 0 Å². The van der Waals surface area contributed by atoms with Crippen molar-refractivity contribution >= 4 is 11.7 Å². The number of para-hydroxylation sites is 1. The molecule has 32 heavy (non-hydrogen) atoms. The fraction of sp³-hybridized carbons (Fsp3) is 0.200. The van der Waals surface area contributed by atoms with Crippen LogP contribution in [0.15, 0.2) is 79.0 Å². The molecule has 1 aliphatic heterocycles. The van der Waals surface area contributed by atoms with Crippen LogP contribution in [-0.2, 0) is 0 Å². The first-order valence-corrected chi connectivity index (χ1v) is 10.7. The Bertz CT molecular complexity index is 1200. The van der Waals surface area contributed by atoms with Gasteiger partial charge in [0.05, 0.1) is 28.8 Å². The quantitative estimate of drug-likeness (QED) is 0.501. The summed E-state index contributed by atoms with van der Waals surface area (Å²) >= 11 is 0. The summed E-state index contributed by atoms with van der Waals surface area (Å²) in [5, 5.41) is 13.2. The van der Waals surface area contributed by atoms with Crippen LogP contribution in [0.4, 0.5) is 5.82 Å². The second-order valence-corrected chi connectivity index (χ2v) is 7.81. The van der Waals surface area contributed by atoms with Crippen LogP contribution in [0, 0.1) is 6.92 Å². The van der Waals surface area contributed by atoms with Crippen molar-refractivity contribution in [1.29, 1.82) is 0 Å². The lowest BCUT2D eigenvalue weighted by molar-refractivity contribution is 0.0745. The summed E-state index contributed by atoms with van der Waals surface area (Å²) in [7, 11) is 0. The van der Waals surface area contributed by atoms with E-state index in [1.807, 2.05) is 89.3 Å². The molecule has 5 rings (SSSR count). The Balaban J connectivity index is 1.24. The van der Waals surface area contributed by atoms with Crippen LogP contribution in [0.5, 0.6) is 0 Å². The molecule has 0 atom stereocenters. The van der Waals surface area contributed by atoms with Crippen molar-refractivity contribution in [2.45, 2.75) is 6.92 Å². The first-order valence-electron chi connectivity index (χ1n) is 10.7. The van der Waals surface area contributed by atoms with Crippen molar-refractivity contribution in [3.63, 3.8) is 0 Å². The zero-order valence-electron chi connectivity index (χ0n) is 17.9. The van der Waals surface area contributed by atoms with Gasteiger partial charge in [0.1, 0.15) is 0 Å². The van der Waals surface area contributed by atoms with Crippen molar-refractivity contribution in [3.05, 3.63) is 90.3 Å². The summed E-state index contributed by atoms with van der Waals surface area (Å²) in [5.41, 5.74) is 4.36. The average molecular weight is 425 g/mol. The first kappa shape index (κ1) is 19.9. The number of benzene rings is 2. The number of amides is 1. The molecule has 0 radical (unpaired) electrons. The molecule has 1 aliphatic rings. The van der Waals surface area contributed by atoms with Crippen LogP contribution in [0.1, 0.15) is 16.1 Å². The van der Waals surface area contributed by atoms with E-state index in [0.717, 1.165) is 41.5 Å². The van der Waals surface area contributed by atoms with Crippen LogP contribution in [0.2, 0.25) is 0 Å². The van der Waals surface area contributed by atoms with Crippen LogP contribution >= 0.6 is 0 Å². The molecule has 0 N–H and O–H groups in total. The van der Waals surface area contributed by atoms with E-state index in [0.29, 0.717) is 18.7 Å². The molecule has 1 saturated heterocycles. The number of aromatic nitrogens is 4. The van der Waals surface area contributed by atoms with E-state index in [1.165, 1.54) is 0 Å². The van der Waals surface area contributed by atoms with E-state index in [4.69, 9.17) is 0 Å². The number of nitrogens with zero attached hydrogens (tertiary/aromatic N) is 6. The van der Waals surface area contributed by atoms with Crippen LogP contribution in [0.25, 0.3) is 16.9 Å². The molecule has 0 aliphatic carbocycles. The van der Waals surface area contributed by atoms with Gasteiger partial charge in [-0.15, -0.1) is 10.2 Å². The lowest BCUT2D eigenvalue weighted by atomic mass is 10.1. The summed E-state index contributed by atoms with van der Waals surface area (Å²) in [6.45, 7) is 4.65. The van der Waals surface area contributed by atoms with E-state index >= 15 is 0 Å². The Hall–Kier alpha value is -4.00. The number of carbonyl (C=O) groups is 1. The number of hydrogen-bond donors (Lipinski definition) is 0. The second kappa shape index (κ2) is 8.63. The maximum absolute atomic E-state index is 13.1. The van der Waals surface area contributed by atoms with Gasteiger partial charge in [0.15, 0.2) is 5.82 Å². The Morgan fingerprint density at radius 2 is 1.50 bits per heavy atom. The standard InChI is InChI=1S/C25H24N6O/c1-19-22(18-26-31(19)21-10-6-3-7-11-21)25(32)30-16-14-29(15-17-30)24-13-12-23(27-28-24)20-8-4-2-5-9-20/h2-13,18H,14-17H2,1H3. The lowest BCUT2D eigenvalue weighted by Crippen LogP contribution is -2.49. The minimum Gasteiger partial charge on any atom is -0.352 e. The predicted molar refractivity (Wildman–Crippen MR) is 124 cm³/mol. The van der Waals surface area contributed by atoms with Gasteiger partial charge in [-0.1, -0.05) is 48.5 Å². The van der Waals surface area contributed by atoms with Crippen LogP contribution in [0.3, 0.4) is 0 Å². The molecule has 7 nitrogen and oxygen atoms in total. The van der Waals surface area contributed by atoms with Gasteiger partial charge in [-0.3, -0.25) is 4.79 Å². The average Bonchev–Trinajstić information content (AvgIpc) is 3.26. The summed E-state index contributed by atoms with van der Waals surface area (Å²) in [6, 6.07) is 23.9. The highest BCUT2D eigenvalue weighted by Gasteiger charge is 2.25. The fourth-order valence-corrected chi connectivity index (χ4v) is 4.01. The maximum atomic E-state index is 13.1. The van der Waals surface area contributed by atoms with Crippen molar-refractivity contribution in [2.75, 3.05) is 31.1 Å². The van der Waals surface area contributed by atoms with E-state index in [2.05, 4.69) is 20.2 Å². The minimum absolute atomic E-state index is 0.0230. The predicted octanol–water partition coefficient (Wildman–Crippen LogP) is 3.60. The van der Waals surface area contributed by atoms with Crippen molar-refractivity contribution in [1.82, 2.24) is 24.9 Å². The normalized spacial score (nSPS) is 13.9. The zero-order chi connectivity index (χ0) is 21.9. The fourth-order valence-electron chi connectivity index (χ4n) is 4.01. The Morgan fingerprint density at radius 3 is 2.16 bits per heavy atom. The molecule has 1 fully saturated rings. The zero-order valence-corrected chi connectivity index (χ0v) is 17.9. The smallest absolute Gasteiger partial charge is 0.257 e. The molecule has 0 bridgehead atoms. The monoisotopic (exact) mass is 424 g/mol. The van der Waals surface area contributed by atoms with Crippen molar-refractivity contribution in [2.24, 2.45) is 0 Å². The third-order valence-electron chi connectivity index (χ3n) is 5.85. The van der Waals surface area contributed by atoms with Gasteiger partial charge in [-0.2, -0.15) is 5.10 Å². The van der Waals surface area contributed by atoms with Crippen LogP contribution in [-0.4, -0.2) is 57.0 Å². The molecule has 2 aromatic carbocycles. The maximum Gasteiger partial charge on any atom is 0.257 e. The van der Waals surface area contributed by atoms with E-state index in [9.17, 15) is 4.79 Å². The molecule has 0 unspecified atom stereocenters. The van der Waals surface area contributed by atoms with Gasteiger partial charge in [0, 0.05) is 31.7 Å². The lowest BCUT2D eigenvalue weighted by Gasteiger charge is -2.35. The molecular weight excluding hydrogens is 400 g/mol. The van der Waals surface area contributed by atoms with Gasteiger partial charge in [-0.05, 0) is 31.2 Å². The van der Waals surface area contributed by atoms with Crippen molar-refractivity contribution < 1.29 is 4.79 Å². The third kappa shape index (κ3) is 3.85. The molecular formula is C25H24N6O. The Labute approximate surface area is 186 Å². The van der Waals surface area contributed by atoms with Gasteiger partial charge in [0.2, 0.25) is 0 Å². The SMILES string of the molecule is Cc1c(C(=O)N2CCN(c3ccc(-c4ccccc4)nn3)CC2)cnn1-c1ccccc1. The minimum atomic E-state index is 0.0230. The highest BCUT2D eigenvalue weighted by atomic mass is 16.2. The highest BCUT2D eigenvalue weighted by molar-refractivity contribution is 5.95. The number of anilines is 1. The van der Waals surface area contributed by atoms with Gasteiger partial charge >= 0.3 is 0 Å². The molecule has 7 heteroatoms. The molecule has 0 spiro atoms. The number of carbonyl (C=O) groups excluding carboxylic acids is 1.